The highest BCUT2D eigenvalue weighted by Gasteiger charge is 2.66. The number of likely N-dealkylation sites (tertiary alicyclic amines) is 1. The van der Waals surface area contributed by atoms with Gasteiger partial charge in [0.05, 0.1) is 57.2 Å². The third kappa shape index (κ3) is 2.79. The van der Waals surface area contributed by atoms with Crippen molar-refractivity contribution in [3.8, 4) is 11.5 Å². The quantitative estimate of drug-likeness (QED) is 0.735. The first-order chi connectivity index (χ1) is 14.5. The van der Waals surface area contributed by atoms with Crippen molar-refractivity contribution in [2.75, 3.05) is 26.1 Å². The van der Waals surface area contributed by atoms with Crippen LogP contribution < -0.4 is 14.8 Å². The summed E-state index contributed by atoms with van der Waals surface area (Å²) in [4.78, 5) is 28.2. The largest absolute Gasteiger partial charge is 0.497 e. The van der Waals surface area contributed by atoms with Gasteiger partial charge < -0.3 is 28.8 Å². The van der Waals surface area contributed by atoms with Gasteiger partial charge in [-0.3, -0.25) is 9.59 Å². The predicted molar refractivity (Wildman–Crippen MR) is 106 cm³/mol. The van der Waals surface area contributed by atoms with Crippen molar-refractivity contribution in [2.24, 2.45) is 11.8 Å². The van der Waals surface area contributed by atoms with Crippen LogP contribution in [-0.2, 0) is 20.9 Å². The third-order valence-electron chi connectivity index (χ3n) is 6.07. The summed E-state index contributed by atoms with van der Waals surface area (Å²) < 4.78 is 22.1. The number of nitrogens with zero attached hydrogens (tertiary/aromatic N) is 1. The Morgan fingerprint density at radius 1 is 1.30 bits per heavy atom. The number of furan rings is 1. The Hall–Kier alpha value is -3.26. The van der Waals surface area contributed by atoms with Crippen LogP contribution in [0.5, 0.6) is 11.5 Å². The van der Waals surface area contributed by atoms with Gasteiger partial charge in [-0.2, -0.15) is 0 Å². The lowest BCUT2D eigenvalue weighted by molar-refractivity contribution is -0.136. The maximum Gasteiger partial charge on any atom is 0.231 e. The smallest absolute Gasteiger partial charge is 0.231 e. The Balaban J connectivity index is 1.38. The molecule has 0 radical (unpaired) electrons. The summed E-state index contributed by atoms with van der Waals surface area (Å²) >= 11 is 0. The molecule has 8 nitrogen and oxygen atoms in total. The highest BCUT2D eigenvalue weighted by molar-refractivity contribution is 6.00. The first kappa shape index (κ1) is 18.7. The molecule has 1 spiro atoms. The molecule has 2 bridgehead atoms. The van der Waals surface area contributed by atoms with E-state index in [9.17, 15) is 9.59 Å². The number of nitrogens with one attached hydrogen (secondary N) is 1. The summed E-state index contributed by atoms with van der Waals surface area (Å²) in [5.74, 6) is 0.251. The fourth-order valence-corrected chi connectivity index (χ4v) is 4.72. The highest BCUT2D eigenvalue weighted by Crippen LogP contribution is 2.52. The van der Waals surface area contributed by atoms with E-state index in [1.54, 1.807) is 42.5 Å². The first-order valence-electron chi connectivity index (χ1n) is 9.76. The van der Waals surface area contributed by atoms with Crippen LogP contribution in [0, 0.1) is 11.8 Å². The summed E-state index contributed by atoms with van der Waals surface area (Å²) in [6.45, 7) is 0.756. The average molecular weight is 410 g/mol. The van der Waals surface area contributed by atoms with Crippen molar-refractivity contribution in [3.05, 3.63) is 54.5 Å². The van der Waals surface area contributed by atoms with E-state index in [1.165, 1.54) is 7.11 Å². The maximum atomic E-state index is 13.2. The second kappa shape index (κ2) is 6.91. The summed E-state index contributed by atoms with van der Waals surface area (Å²) in [5.41, 5.74) is -0.248. The topological polar surface area (TPSA) is 90.2 Å². The molecule has 2 amide bonds. The van der Waals surface area contributed by atoms with E-state index in [1.807, 2.05) is 18.2 Å². The zero-order valence-electron chi connectivity index (χ0n) is 16.7. The molecule has 0 unspecified atom stereocenters. The lowest BCUT2D eigenvalue weighted by Crippen LogP contribution is -2.41. The van der Waals surface area contributed by atoms with Crippen LogP contribution in [-0.4, -0.2) is 49.2 Å². The van der Waals surface area contributed by atoms with Gasteiger partial charge in [0, 0.05) is 6.07 Å². The molecule has 0 saturated carbocycles. The summed E-state index contributed by atoms with van der Waals surface area (Å²) in [7, 11) is 3.08. The van der Waals surface area contributed by atoms with Gasteiger partial charge >= 0.3 is 0 Å². The standard InChI is InChI=1S/C22H22N2O6/c1-27-13-5-6-15(17(10-13)28-2)23-20(25)18-16-7-8-22(30-16)12-24(21(26)19(18)22)11-14-4-3-9-29-14/h3-10,16,18-19H,11-12H2,1-2H3,(H,23,25)/t16-,18+,19-,22-/m0/s1. The van der Waals surface area contributed by atoms with Gasteiger partial charge in [-0.1, -0.05) is 12.2 Å². The van der Waals surface area contributed by atoms with Crippen LogP contribution in [0.4, 0.5) is 5.69 Å². The number of methoxy groups -OCH3 is 2. The Morgan fingerprint density at radius 2 is 2.17 bits per heavy atom. The van der Waals surface area contributed by atoms with Crippen molar-refractivity contribution in [2.45, 2.75) is 18.2 Å². The van der Waals surface area contributed by atoms with E-state index in [-0.39, 0.29) is 11.8 Å². The minimum atomic E-state index is -0.764. The lowest BCUT2D eigenvalue weighted by atomic mass is 9.76. The molecular formula is C22H22N2O6. The Labute approximate surface area is 173 Å². The van der Waals surface area contributed by atoms with Gasteiger partial charge in [-0.25, -0.2) is 0 Å². The van der Waals surface area contributed by atoms with Crippen molar-refractivity contribution in [3.63, 3.8) is 0 Å². The molecule has 1 aromatic heterocycles. The van der Waals surface area contributed by atoms with Crippen molar-refractivity contribution in [1.29, 1.82) is 0 Å². The molecule has 4 atom stereocenters. The molecule has 5 rings (SSSR count). The zero-order valence-corrected chi connectivity index (χ0v) is 16.7. The van der Waals surface area contributed by atoms with E-state index in [4.69, 9.17) is 18.6 Å². The molecule has 4 heterocycles. The monoisotopic (exact) mass is 410 g/mol. The summed E-state index contributed by atoms with van der Waals surface area (Å²) in [6, 6.07) is 8.76. The third-order valence-corrected chi connectivity index (χ3v) is 6.07. The van der Waals surface area contributed by atoms with Gasteiger partial charge in [0.15, 0.2) is 0 Å². The second-order valence-corrected chi connectivity index (χ2v) is 7.73. The van der Waals surface area contributed by atoms with Gasteiger partial charge in [-0.05, 0) is 24.3 Å². The lowest BCUT2D eigenvalue weighted by Gasteiger charge is -2.24. The molecule has 2 fully saturated rings. The molecule has 2 saturated heterocycles. The van der Waals surface area contributed by atoms with E-state index in [0.29, 0.717) is 36.0 Å². The molecule has 156 valence electrons. The molecule has 1 N–H and O–H groups in total. The van der Waals surface area contributed by atoms with E-state index in [0.717, 1.165) is 0 Å². The molecular weight excluding hydrogens is 388 g/mol. The van der Waals surface area contributed by atoms with Crippen LogP contribution in [0.1, 0.15) is 5.76 Å². The Kier molecular flexibility index (Phi) is 4.32. The van der Waals surface area contributed by atoms with E-state index in [2.05, 4.69) is 5.32 Å². The zero-order chi connectivity index (χ0) is 20.9. The molecule has 1 aromatic carbocycles. The fraction of sp³-hybridized carbons (Fsp3) is 0.364. The minimum absolute atomic E-state index is 0.0971. The minimum Gasteiger partial charge on any atom is -0.497 e. The molecule has 2 aromatic rings. The van der Waals surface area contributed by atoms with Crippen LogP contribution in [0.2, 0.25) is 0 Å². The van der Waals surface area contributed by atoms with Crippen LogP contribution in [0.15, 0.2) is 53.2 Å². The summed E-state index contributed by atoms with van der Waals surface area (Å²) in [6.07, 6.45) is 4.97. The van der Waals surface area contributed by atoms with Gasteiger partial charge in [0.1, 0.15) is 22.9 Å². The van der Waals surface area contributed by atoms with Gasteiger partial charge in [-0.15, -0.1) is 0 Å². The number of benzene rings is 1. The second-order valence-electron chi connectivity index (χ2n) is 7.73. The van der Waals surface area contributed by atoms with Crippen LogP contribution in [0.25, 0.3) is 0 Å². The van der Waals surface area contributed by atoms with Crippen molar-refractivity contribution < 1.29 is 28.2 Å². The maximum absolute atomic E-state index is 13.2. The number of ether oxygens (including phenoxy) is 3. The highest BCUT2D eigenvalue weighted by atomic mass is 16.5. The normalized spacial score (nSPS) is 28.7. The molecule has 30 heavy (non-hydrogen) atoms. The van der Waals surface area contributed by atoms with Crippen molar-refractivity contribution in [1.82, 2.24) is 4.90 Å². The number of fused-ring (bicyclic) bond motifs is 1. The number of anilines is 1. The molecule has 3 aliphatic rings. The first-order valence-corrected chi connectivity index (χ1v) is 9.76. The number of rotatable bonds is 6. The summed E-state index contributed by atoms with van der Waals surface area (Å²) in [5, 5.41) is 2.91. The Bertz CT molecular complexity index is 1020. The molecule has 0 aliphatic carbocycles. The number of carbonyl (C=O) groups is 2. The predicted octanol–water partition coefficient (Wildman–Crippen LogP) is 2.22. The number of hydrogen-bond donors (Lipinski definition) is 1. The van der Waals surface area contributed by atoms with E-state index >= 15 is 0 Å². The van der Waals surface area contributed by atoms with Gasteiger partial charge in [0.25, 0.3) is 0 Å². The average Bonchev–Trinajstić information content (AvgIpc) is 3.52. The van der Waals surface area contributed by atoms with Crippen molar-refractivity contribution >= 4 is 17.5 Å². The molecule has 3 aliphatic heterocycles. The van der Waals surface area contributed by atoms with Crippen LogP contribution >= 0.6 is 0 Å². The SMILES string of the molecule is COc1ccc(NC(=O)[C@@H]2[C@@H]3C=C[C@@]4(CN(Cc5ccco5)C(=O)[C@H]24)O3)c(OC)c1. The number of hydrogen-bond acceptors (Lipinski definition) is 6. The van der Waals surface area contributed by atoms with Gasteiger partial charge in [0.2, 0.25) is 11.8 Å². The number of amides is 2. The number of carbonyl (C=O) groups excluding carboxylic acids is 2. The molecule has 8 heteroatoms. The van der Waals surface area contributed by atoms with Crippen LogP contribution in [0.3, 0.4) is 0 Å². The van der Waals surface area contributed by atoms with E-state index < -0.39 is 23.5 Å². The Morgan fingerprint density at radius 3 is 2.90 bits per heavy atom. The fourth-order valence-electron chi connectivity index (χ4n) is 4.72.